The van der Waals surface area contributed by atoms with Gasteiger partial charge in [-0.2, -0.15) is 0 Å². The molecule has 8 heteroatoms. The number of hydrogen-bond acceptors (Lipinski definition) is 5. The number of rotatable bonds is 6. The van der Waals surface area contributed by atoms with Crippen molar-refractivity contribution < 1.29 is 18.0 Å². The van der Waals surface area contributed by atoms with E-state index in [-0.39, 0.29) is 22.4 Å². The topological polar surface area (TPSA) is 70.4 Å². The lowest BCUT2D eigenvalue weighted by Gasteiger charge is -2.07. The fourth-order valence-corrected chi connectivity index (χ4v) is 4.77. The first-order valence-corrected chi connectivity index (χ1v) is 10.6. The monoisotopic (exact) mass is 416 g/mol. The van der Waals surface area contributed by atoms with Crippen LogP contribution >= 0.6 is 11.6 Å². The van der Waals surface area contributed by atoms with Gasteiger partial charge >= 0.3 is 0 Å². The number of alkyl halides is 1. The zero-order valence-electron chi connectivity index (χ0n) is 15.0. The van der Waals surface area contributed by atoms with E-state index in [2.05, 4.69) is 5.10 Å². The third-order valence-electron chi connectivity index (χ3n) is 4.41. The van der Waals surface area contributed by atoms with Crippen LogP contribution in [-0.4, -0.2) is 38.0 Å². The number of sulfone groups is 1. The zero-order valence-corrected chi connectivity index (χ0v) is 16.6. The average molecular weight is 417 g/mol. The number of aromatic nitrogens is 2. The summed E-state index contributed by atoms with van der Waals surface area (Å²) >= 11 is 5.70. The van der Waals surface area contributed by atoms with Crippen molar-refractivity contribution in [3.8, 4) is 5.75 Å². The summed E-state index contributed by atoms with van der Waals surface area (Å²) in [6, 6.07) is 17.6. The van der Waals surface area contributed by atoms with Crippen LogP contribution < -0.4 is 9.57 Å². The van der Waals surface area contributed by atoms with E-state index in [9.17, 15) is 8.42 Å². The lowest BCUT2D eigenvalue weighted by atomic mass is 10.1. The number of methoxy groups -OCH3 is 1. The number of ether oxygens (including phenoxy) is 1. The van der Waals surface area contributed by atoms with Gasteiger partial charge < -0.3 is 9.57 Å². The number of fused-ring (bicyclic) bond motifs is 2. The first-order valence-electron chi connectivity index (χ1n) is 8.55. The summed E-state index contributed by atoms with van der Waals surface area (Å²) in [5.41, 5.74) is 0.518. The van der Waals surface area contributed by atoms with Gasteiger partial charge in [0.2, 0.25) is 9.84 Å². The predicted molar refractivity (Wildman–Crippen MR) is 108 cm³/mol. The minimum absolute atomic E-state index is 0.0904. The second kappa shape index (κ2) is 7.33. The summed E-state index contributed by atoms with van der Waals surface area (Å²) in [7, 11) is -2.40. The lowest BCUT2D eigenvalue weighted by molar-refractivity contribution is 0.101. The van der Waals surface area contributed by atoms with Gasteiger partial charge in [-0.1, -0.05) is 41.2 Å². The van der Waals surface area contributed by atoms with Gasteiger partial charge in [0.15, 0.2) is 5.03 Å². The van der Waals surface area contributed by atoms with E-state index in [1.807, 2.05) is 24.3 Å². The van der Waals surface area contributed by atoms with Crippen molar-refractivity contribution in [3.63, 3.8) is 0 Å². The highest BCUT2D eigenvalue weighted by atomic mass is 35.5. The van der Waals surface area contributed by atoms with Crippen LogP contribution in [0, 0.1) is 0 Å². The predicted octanol–water partition coefficient (Wildman–Crippen LogP) is 3.70. The molecule has 1 aromatic heterocycles. The fraction of sp³-hybridized carbons (Fsp3) is 0.150. The Morgan fingerprint density at radius 3 is 2.61 bits per heavy atom. The third kappa shape index (κ3) is 3.06. The van der Waals surface area contributed by atoms with E-state index in [4.69, 9.17) is 21.2 Å². The highest BCUT2D eigenvalue weighted by Crippen LogP contribution is 2.33. The van der Waals surface area contributed by atoms with E-state index >= 15 is 0 Å². The molecule has 3 aromatic carbocycles. The minimum atomic E-state index is -3.92. The van der Waals surface area contributed by atoms with E-state index in [1.165, 1.54) is 12.0 Å². The zero-order chi connectivity index (χ0) is 19.7. The van der Waals surface area contributed by atoms with Crippen molar-refractivity contribution >= 4 is 43.1 Å². The van der Waals surface area contributed by atoms with Crippen molar-refractivity contribution in [3.05, 3.63) is 60.7 Å². The van der Waals surface area contributed by atoms with Gasteiger partial charge in [-0.3, -0.25) is 0 Å². The molecule has 0 saturated carbocycles. The summed E-state index contributed by atoms with van der Waals surface area (Å²) in [5, 5.41) is 6.05. The Hall–Kier alpha value is -2.77. The molecular formula is C20H17ClN2O4S. The lowest BCUT2D eigenvalue weighted by Crippen LogP contribution is -2.16. The largest absolute Gasteiger partial charge is 0.497 e. The third-order valence-corrected chi connectivity index (χ3v) is 6.31. The van der Waals surface area contributed by atoms with Gasteiger partial charge in [0.1, 0.15) is 17.9 Å². The van der Waals surface area contributed by atoms with Crippen molar-refractivity contribution in [2.24, 2.45) is 0 Å². The molecular weight excluding hydrogens is 400 g/mol. The van der Waals surface area contributed by atoms with Gasteiger partial charge in [-0.25, -0.2) is 8.42 Å². The van der Waals surface area contributed by atoms with Crippen LogP contribution in [0.25, 0.3) is 21.7 Å². The number of hydrogen-bond donors (Lipinski definition) is 0. The molecule has 0 unspecified atom stereocenters. The van der Waals surface area contributed by atoms with E-state index < -0.39 is 9.84 Å². The quantitative estimate of drug-likeness (QED) is 0.448. The van der Waals surface area contributed by atoms with Crippen LogP contribution in [-0.2, 0) is 9.84 Å². The number of halogens is 1. The van der Waals surface area contributed by atoms with Crippen molar-refractivity contribution in [2.45, 2.75) is 9.92 Å². The molecule has 144 valence electrons. The molecule has 0 amide bonds. The Labute approximate surface area is 167 Å². The Bertz CT molecular complexity index is 1260. The van der Waals surface area contributed by atoms with Crippen molar-refractivity contribution in [1.29, 1.82) is 0 Å². The molecule has 0 aliphatic heterocycles. The molecule has 0 radical (unpaired) electrons. The first kappa shape index (κ1) is 18.6. The van der Waals surface area contributed by atoms with E-state index in [0.29, 0.717) is 22.0 Å². The Balaban J connectivity index is 1.98. The number of nitrogens with zero attached hydrogens (tertiary/aromatic N) is 2. The average Bonchev–Trinajstić information content (AvgIpc) is 3.10. The molecule has 0 spiro atoms. The van der Waals surface area contributed by atoms with Crippen LogP contribution in [0.4, 0.5) is 0 Å². The second-order valence-corrected chi connectivity index (χ2v) is 8.28. The maximum absolute atomic E-state index is 13.6. The molecule has 0 saturated heterocycles. The summed E-state index contributed by atoms with van der Waals surface area (Å²) in [5.74, 6) is 0.780. The molecule has 0 aliphatic carbocycles. The Morgan fingerprint density at radius 1 is 1.04 bits per heavy atom. The summed E-state index contributed by atoms with van der Waals surface area (Å²) < 4.78 is 32.4. The van der Waals surface area contributed by atoms with E-state index in [1.54, 1.807) is 36.4 Å². The SMILES string of the molecule is COc1ccc2c(c1)c(S(=O)(=O)c1cccc3ccccc13)nn2OCCCl. The van der Waals surface area contributed by atoms with Crippen molar-refractivity contribution in [2.75, 3.05) is 19.6 Å². The van der Waals surface area contributed by atoms with Gasteiger partial charge in [-0.15, -0.1) is 16.7 Å². The fourth-order valence-electron chi connectivity index (χ4n) is 3.12. The second-order valence-electron chi connectivity index (χ2n) is 6.06. The summed E-state index contributed by atoms with van der Waals surface area (Å²) in [6.45, 7) is 0.193. The van der Waals surface area contributed by atoms with Gasteiger partial charge in [0.05, 0.1) is 17.9 Å². The molecule has 1 heterocycles. The van der Waals surface area contributed by atoms with E-state index in [0.717, 1.165) is 5.39 Å². The van der Waals surface area contributed by atoms with Crippen LogP contribution in [0.3, 0.4) is 0 Å². The summed E-state index contributed by atoms with van der Waals surface area (Å²) in [4.78, 5) is 6.90. The molecule has 4 aromatic rings. The maximum Gasteiger partial charge on any atom is 0.227 e. The minimum Gasteiger partial charge on any atom is -0.497 e. The smallest absolute Gasteiger partial charge is 0.227 e. The van der Waals surface area contributed by atoms with Crippen LogP contribution in [0.15, 0.2) is 70.6 Å². The molecule has 4 rings (SSSR count). The van der Waals surface area contributed by atoms with Gasteiger partial charge in [0.25, 0.3) is 0 Å². The van der Waals surface area contributed by atoms with Gasteiger partial charge in [0, 0.05) is 10.8 Å². The number of benzene rings is 3. The maximum atomic E-state index is 13.6. The normalized spacial score (nSPS) is 11.8. The highest BCUT2D eigenvalue weighted by Gasteiger charge is 2.28. The molecule has 28 heavy (non-hydrogen) atoms. The van der Waals surface area contributed by atoms with Crippen LogP contribution in [0.5, 0.6) is 5.75 Å². The highest BCUT2D eigenvalue weighted by molar-refractivity contribution is 7.91. The molecule has 0 bridgehead atoms. The van der Waals surface area contributed by atoms with Crippen molar-refractivity contribution in [1.82, 2.24) is 9.94 Å². The van der Waals surface area contributed by atoms with Gasteiger partial charge in [-0.05, 0) is 29.7 Å². The standard InChI is InChI=1S/C20H17ClN2O4S/c1-26-15-9-10-18-17(13-15)20(22-23(18)27-12-11-21)28(24,25)19-8-4-6-14-5-2-3-7-16(14)19/h2-10,13H,11-12H2,1H3. The summed E-state index contributed by atoms with van der Waals surface area (Å²) in [6.07, 6.45) is 0. The Kier molecular flexibility index (Phi) is 4.87. The molecule has 0 atom stereocenters. The van der Waals surface area contributed by atoms with Crippen LogP contribution in [0.1, 0.15) is 0 Å². The van der Waals surface area contributed by atoms with Crippen LogP contribution in [0.2, 0.25) is 0 Å². The molecule has 0 aliphatic rings. The molecule has 0 N–H and O–H groups in total. The first-order chi connectivity index (χ1) is 13.6. The molecule has 0 fully saturated rings. The Morgan fingerprint density at radius 2 is 1.82 bits per heavy atom. The molecule has 6 nitrogen and oxygen atoms in total.